The maximum atomic E-state index is 12.6. The fourth-order valence-electron chi connectivity index (χ4n) is 2.82. The summed E-state index contributed by atoms with van der Waals surface area (Å²) in [6, 6.07) is 7.44. The van der Waals surface area contributed by atoms with Gasteiger partial charge in [0.05, 0.1) is 5.88 Å². The fraction of sp³-hybridized carbons (Fsp3) is 0.579. The van der Waals surface area contributed by atoms with E-state index in [4.69, 9.17) is 4.74 Å². The third-order valence-electron chi connectivity index (χ3n) is 4.47. The summed E-state index contributed by atoms with van der Waals surface area (Å²) in [7, 11) is 0. The molecule has 2 rings (SSSR count). The number of thioether (sulfide) groups is 1. The molecule has 0 spiro atoms. The van der Waals surface area contributed by atoms with Gasteiger partial charge in [-0.15, -0.1) is 11.8 Å². The maximum Gasteiger partial charge on any atom is 0.261 e. The number of likely N-dealkylation sites (N-methyl/N-ethyl adjacent to an activating group) is 1. The number of amides is 2. The van der Waals surface area contributed by atoms with Crippen molar-refractivity contribution >= 4 is 23.6 Å². The summed E-state index contributed by atoms with van der Waals surface area (Å²) in [4.78, 5) is 28.5. The second-order valence-electron chi connectivity index (χ2n) is 6.40. The minimum absolute atomic E-state index is 0.0321. The lowest BCUT2D eigenvalue weighted by Crippen LogP contribution is -2.50. The van der Waals surface area contributed by atoms with Crippen molar-refractivity contribution in [3.05, 3.63) is 29.8 Å². The molecule has 1 aromatic rings. The fourth-order valence-corrected chi connectivity index (χ4v) is 3.99. The molecule has 1 heterocycles. The van der Waals surface area contributed by atoms with Crippen LogP contribution in [0.5, 0.6) is 5.75 Å². The van der Waals surface area contributed by atoms with E-state index in [-0.39, 0.29) is 24.5 Å². The summed E-state index contributed by atoms with van der Waals surface area (Å²) in [5.41, 5.74) is 1.24. The maximum absolute atomic E-state index is 12.6. The van der Waals surface area contributed by atoms with Crippen LogP contribution in [0.4, 0.5) is 0 Å². The number of nitrogens with zero attached hydrogens (tertiary/aromatic N) is 2. The van der Waals surface area contributed by atoms with Crippen LogP contribution < -0.4 is 4.74 Å². The Labute approximate surface area is 154 Å². The van der Waals surface area contributed by atoms with Gasteiger partial charge in [-0.2, -0.15) is 0 Å². The minimum Gasteiger partial charge on any atom is -0.484 e. The van der Waals surface area contributed by atoms with E-state index in [1.54, 1.807) is 21.6 Å². The molecule has 1 atom stereocenters. The van der Waals surface area contributed by atoms with Crippen LogP contribution in [0.1, 0.15) is 39.2 Å². The minimum atomic E-state index is -0.371. The van der Waals surface area contributed by atoms with E-state index in [9.17, 15) is 9.59 Å². The highest BCUT2D eigenvalue weighted by molar-refractivity contribution is 7.99. The highest BCUT2D eigenvalue weighted by Gasteiger charge is 2.36. The molecular formula is C19H28N2O3S. The highest BCUT2D eigenvalue weighted by Crippen LogP contribution is 2.23. The van der Waals surface area contributed by atoms with E-state index >= 15 is 0 Å². The Morgan fingerprint density at radius 2 is 1.88 bits per heavy atom. The van der Waals surface area contributed by atoms with Crippen LogP contribution in [0.3, 0.4) is 0 Å². The van der Waals surface area contributed by atoms with Crippen LogP contribution >= 0.6 is 11.8 Å². The van der Waals surface area contributed by atoms with Gasteiger partial charge >= 0.3 is 0 Å². The summed E-state index contributed by atoms with van der Waals surface area (Å²) < 4.78 is 5.63. The highest BCUT2D eigenvalue weighted by atomic mass is 32.2. The second-order valence-corrected chi connectivity index (χ2v) is 7.40. The average molecular weight is 365 g/mol. The van der Waals surface area contributed by atoms with Gasteiger partial charge in [0.15, 0.2) is 6.61 Å². The largest absolute Gasteiger partial charge is 0.484 e. The first-order valence-corrected chi connectivity index (χ1v) is 10.0. The molecule has 25 heavy (non-hydrogen) atoms. The van der Waals surface area contributed by atoms with E-state index < -0.39 is 0 Å². The van der Waals surface area contributed by atoms with Gasteiger partial charge in [-0.05, 0) is 37.5 Å². The van der Waals surface area contributed by atoms with Crippen LogP contribution in [-0.2, 0) is 9.59 Å². The molecule has 1 aliphatic rings. The first-order valence-electron chi connectivity index (χ1n) is 8.86. The zero-order valence-electron chi connectivity index (χ0n) is 15.5. The molecule has 6 heteroatoms. The summed E-state index contributed by atoms with van der Waals surface area (Å²) in [5.74, 6) is 2.24. The predicted molar refractivity (Wildman–Crippen MR) is 102 cm³/mol. The summed E-state index contributed by atoms with van der Waals surface area (Å²) in [6.07, 6.45) is 0. The van der Waals surface area contributed by atoms with Gasteiger partial charge in [0.25, 0.3) is 5.91 Å². The zero-order valence-corrected chi connectivity index (χ0v) is 16.3. The van der Waals surface area contributed by atoms with Gasteiger partial charge in [-0.1, -0.05) is 26.0 Å². The molecule has 0 aliphatic carbocycles. The predicted octanol–water partition coefficient (Wildman–Crippen LogP) is 2.96. The molecule has 5 nitrogen and oxygen atoms in total. The molecule has 1 fully saturated rings. The summed E-state index contributed by atoms with van der Waals surface area (Å²) >= 11 is 1.61. The Morgan fingerprint density at radius 3 is 2.44 bits per heavy atom. The van der Waals surface area contributed by atoms with Gasteiger partial charge in [0.2, 0.25) is 5.91 Å². The Bertz CT molecular complexity index is 585. The number of hydrogen-bond acceptors (Lipinski definition) is 4. The first-order chi connectivity index (χ1) is 12.0. The van der Waals surface area contributed by atoms with E-state index in [0.29, 0.717) is 36.4 Å². The van der Waals surface area contributed by atoms with E-state index in [1.165, 1.54) is 5.56 Å². The van der Waals surface area contributed by atoms with Crippen LogP contribution in [0.15, 0.2) is 24.3 Å². The van der Waals surface area contributed by atoms with Gasteiger partial charge < -0.3 is 14.5 Å². The molecule has 1 aromatic carbocycles. The van der Waals surface area contributed by atoms with Crippen molar-refractivity contribution in [1.82, 2.24) is 9.80 Å². The number of ether oxygens (including phenoxy) is 1. The molecule has 0 N–H and O–H groups in total. The lowest BCUT2D eigenvalue weighted by molar-refractivity contribution is -0.144. The zero-order chi connectivity index (χ0) is 18.4. The second kappa shape index (κ2) is 9.13. The van der Waals surface area contributed by atoms with Crippen molar-refractivity contribution in [3.63, 3.8) is 0 Å². The van der Waals surface area contributed by atoms with E-state index in [2.05, 4.69) is 13.8 Å². The standard InChI is InChI=1S/C19H28N2O3S/c1-5-20(6-2)19(23)17-12-25-13-21(17)18(22)11-24-16-9-7-15(8-10-16)14(3)4/h7-10,14,17H,5-6,11-13H2,1-4H3/t17-/m0/s1. The SMILES string of the molecule is CCN(CC)C(=O)[C@@H]1CSCN1C(=O)COc1ccc(C(C)C)cc1. The molecule has 0 saturated carbocycles. The third-order valence-corrected chi connectivity index (χ3v) is 5.48. The smallest absolute Gasteiger partial charge is 0.261 e. The molecule has 1 saturated heterocycles. The normalized spacial score (nSPS) is 17.0. The van der Waals surface area contributed by atoms with Crippen molar-refractivity contribution in [2.75, 3.05) is 31.3 Å². The lowest BCUT2D eigenvalue weighted by Gasteiger charge is -2.28. The Hall–Kier alpha value is -1.69. The van der Waals surface area contributed by atoms with Gasteiger partial charge in [-0.25, -0.2) is 0 Å². The quantitative estimate of drug-likeness (QED) is 0.746. The van der Waals surface area contributed by atoms with Crippen LogP contribution in [0, 0.1) is 0 Å². The van der Waals surface area contributed by atoms with Crippen LogP contribution in [0.25, 0.3) is 0 Å². The molecule has 0 bridgehead atoms. The Morgan fingerprint density at radius 1 is 1.24 bits per heavy atom. The molecular weight excluding hydrogens is 336 g/mol. The molecule has 1 aliphatic heterocycles. The number of carbonyl (C=O) groups excluding carboxylic acids is 2. The Balaban J connectivity index is 1.94. The Kier molecular flexibility index (Phi) is 7.17. The van der Waals surface area contributed by atoms with E-state index in [1.807, 2.05) is 38.1 Å². The number of hydrogen-bond donors (Lipinski definition) is 0. The van der Waals surface area contributed by atoms with Crippen molar-refractivity contribution < 1.29 is 14.3 Å². The molecule has 0 aromatic heterocycles. The summed E-state index contributed by atoms with van der Waals surface area (Å²) in [5, 5.41) is 0. The number of benzene rings is 1. The topological polar surface area (TPSA) is 49.9 Å². The molecule has 0 radical (unpaired) electrons. The van der Waals surface area contributed by atoms with Crippen molar-refractivity contribution in [1.29, 1.82) is 0 Å². The molecule has 0 unspecified atom stereocenters. The van der Waals surface area contributed by atoms with Crippen LogP contribution in [-0.4, -0.2) is 59.0 Å². The average Bonchev–Trinajstić information content (AvgIpc) is 3.10. The number of carbonyl (C=O) groups is 2. The van der Waals surface area contributed by atoms with Gasteiger partial charge in [0, 0.05) is 18.8 Å². The third kappa shape index (κ3) is 4.91. The van der Waals surface area contributed by atoms with Crippen molar-refractivity contribution in [3.8, 4) is 5.75 Å². The van der Waals surface area contributed by atoms with Gasteiger partial charge in [0.1, 0.15) is 11.8 Å². The van der Waals surface area contributed by atoms with Crippen molar-refractivity contribution in [2.45, 2.75) is 39.7 Å². The van der Waals surface area contributed by atoms with Gasteiger partial charge in [-0.3, -0.25) is 9.59 Å². The summed E-state index contributed by atoms with van der Waals surface area (Å²) in [6.45, 7) is 9.48. The van der Waals surface area contributed by atoms with Crippen molar-refractivity contribution in [2.24, 2.45) is 0 Å². The molecule has 2 amide bonds. The molecule has 138 valence electrons. The van der Waals surface area contributed by atoms with Crippen LogP contribution in [0.2, 0.25) is 0 Å². The number of rotatable bonds is 7. The van der Waals surface area contributed by atoms with E-state index in [0.717, 1.165) is 0 Å². The monoisotopic (exact) mass is 364 g/mol. The lowest BCUT2D eigenvalue weighted by atomic mass is 10.0. The first kappa shape index (κ1) is 19.6.